The standard InChI is InChI=1S/C14H17BrO6/c1-18-13(16)10-7-11(14(17)19-2)9-12(8-10)21-6-5-20-4-3-15/h7-9H,3-6H2,1-2H3. The highest BCUT2D eigenvalue weighted by atomic mass is 79.9. The summed E-state index contributed by atoms with van der Waals surface area (Å²) in [5.41, 5.74) is 0.438. The molecule has 0 radical (unpaired) electrons. The van der Waals surface area contributed by atoms with E-state index in [0.29, 0.717) is 25.6 Å². The van der Waals surface area contributed by atoms with Crippen LogP contribution in [0.2, 0.25) is 0 Å². The number of halogens is 1. The van der Waals surface area contributed by atoms with Crippen molar-refractivity contribution in [3.8, 4) is 5.75 Å². The molecular formula is C14H17BrO6. The monoisotopic (exact) mass is 360 g/mol. The van der Waals surface area contributed by atoms with Crippen LogP contribution < -0.4 is 4.74 Å². The van der Waals surface area contributed by atoms with Crippen LogP contribution >= 0.6 is 15.9 Å². The summed E-state index contributed by atoms with van der Waals surface area (Å²) >= 11 is 3.24. The van der Waals surface area contributed by atoms with Crippen molar-refractivity contribution < 1.29 is 28.5 Å². The fourth-order valence-electron chi connectivity index (χ4n) is 1.53. The molecule has 0 aliphatic carbocycles. The zero-order chi connectivity index (χ0) is 15.7. The number of benzene rings is 1. The second-order valence-electron chi connectivity index (χ2n) is 3.88. The van der Waals surface area contributed by atoms with Crippen LogP contribution in [-0.2, 0) is 14.2 Å². The van der Waals surface area contributed by atoms with Gasteiger partial charge in [0.15, 0.2) is 0 Å². The van der Waals surface area contributed by atoms with Crippen molar-refractivity contribution in [3.63, 3.8) is 0 Å². The number of ether oxygens (including phenoxy) is 4. The molecule has 0 unspecified atom stereocenters. The molecule has 0 heterocycles. The van der Waals surface area contributed by atoms with Crippen molar-refractivity contribution in [2.45, 2.75) is 0 Å². The van der Waals surface area contributed by atoms with Gasteiger partial charge in [-0.15, -0.1) is 0 Å². The van der Waals surface area contributed by atoms with Crippen LogP contribution in [0.25, 0.3) is 0 Å². The SMILES string of the molecule is COC(=O)c1cc(OCCOCCBr)cc(C(=O)OC)c1. The smallest absolute Gasteiger partial charge is 0.338 e. The quantitative estimate of drug-likeness (QED) is 0.401. The Morgan fingerprint density at radius 3 is 2.00 bits per heavy atom. The average Bonchev–Trinajstić information content (AvgIpc) is 2.52. The number of carbonyl (C=O) groups is 2. The molecular weight excluding hydrogens is 344 g/mol. The molecule has 0 atom stereocenters. The highest BCUT2D eigenvalue weighted by Gasteiger charge is 2.14. The number of rotatable bonds is 8. The molecule has 1 rings (SSSR count). The second kappa shape index (κ2) is 9.36. The number of hydrogen-bond acceptors (Lipinski definition) is 6. The van der Waals surface area contributed by atoms with E-state index in [1.165, 1.54) is 32.4 Å². The van der Waals surface area contributed by atoms with E-state index in [0.717, 1.165) is 5.33 Å². The minimum absolute atomic E-state index is 0.219. The molecule has 0 aliphatic rings. The van der Waals surface area contributed by atoms with Gasteiger partial charge in [0.2, 0.25) is 0 Å². The summed E-state index contributed by atoms with van der Waals surface area (Å²) in [6, 6.07) is 4.40. The van der Waals surface area contributed by atoms with E-state index in [1.54, 1.807) is 0 Å². The zero-order valence-electron chi connectivity index (χ0n) is 11.9. The minimum Gasteiger partial charge on any atom is -0.491 e. The Morgan fingerprint density at radius 2 is 1.52 bits per heavy atom. The Kier molecular flexibility index (Phi) is 7.78. The normalized spacial score (nSPS) is 10.0. The van der Waals surface area contributed by atoms with Crippen molar-refractivity contribution in [2.75, 3.05) is 39.4 Å². The molecule has 6 nitrogen and oxygen atoms in total. The third kappa shape index (κ3) is 5.73. The first-order valence-corrected chi connectivity index (χ1v) is 7.32. The zero-order valence-corrected chi connectivity index (χ0v) is 13.5. The van der Waals surface area contributed by atoms with Gasteiger partial charge < -0.3 is 18.9 Å². The van der Waals surface area contributed by atoms with Crippen LogP contribution in [0.15, 0.2) is 18.2 Å². The van der Waals surface area contributed by atoms with Crippen molar-refractivity contribution in [2.24, 2.45) is 0 Å². The summed E-state index contributed by atoms with van der Waals surface area (Å²) in [5, 5.41) is 0.747. The third-order valence-electron chi connectivity index (χ3n) is 2.47. The van der Waals surface area contributed by atoms with Crippen molar-refractivity contribution in [1.29, 1.82) is 0 Å². The average molecular weight is 361 g/mol. The van der Waals surface area contributed by atoms with Gasteiger partial charge in [-0.25, -0.2) is 9.59 Å². The summed E-state index contributed by atoms with van der Waals surface area (Å²) < 4.78 is 20.0. The summed E-state index contributed by atoms with van der Waals surface area (Å²) in [5.74, 6) is -0.733. The molecule has 21 heavy (non-hydrogen) atoms. The van der Waals surface area contributed by atoms with Crippen LogP contribution in [0.5, 0.6) is 5.75 Å². The maximum Gasteiger partial charge on any atom is 0.338 e. The first-order chi connectivity index (χ1) is 10.1. The van der Waals surface area contributed by atoms with E-state index in [1.807, 2.05) is 0 Å². The number of methoxy groups -OCH3 is 2. The molecule has 116 valence electrons. The molecule has 0 aromatic heterocycles. The summed E-state index contributed by atoms with van der Waals surface area (Å²) in [7, 11) is 2.53. The van der Waals surface area contributed by atoms with Crippen molar-refractivity contribution >= 4 is 27.9 Å². The van der Waals surface area contributed by atoms with Gasteiger partial charge in [0.1, 0.15) is 12.4 Å². The van der Waals surface area contributed by atoms with Crippen molar-refractivity contribution in [1.82, 2.24) is 0 Å². The predicted molar refractivity (Wildman–Crippen MR) is 79.2 cm³/mol. The third-order valence-corrected chi connectivity index (χ3v) is 2.79. The maximum atomic E-state index is 11.6. The van der Waals surface area contributed by atoms with Gasteiger partial charge >= 0.3 is 11.9 Å². The molecule has 0 amide bonds. The Bertz CT molecular complexity index is 454. The van der Waals surface area contributed by atoms with Crippen LogP contribution in [0.1, 0.15) is 20.7 Å². The van der Waals surface area contributed by atoms with E-state index in [2.05, 4.69) is 25.4 Å². The fourth-order valence-corrected chi connectivity index (χ4v) is 1.76. The molecule has 7 heteroatoms. The lowest BCUT2D eigenvalue weighted by Gasteiger charge is -2.10. The summed E-state index contributed by atoms with van der Waals surface area (Å²) in [6.07, 6.45) is 0. The molecule has 0 saturated heterocycles. The lowest BCUT2D eigenvalue weighted by Crippen LogP contribution is -2.10. The van der Waals surface area contributed by atoms with Gasteiger partial charge in [-0.1, -0.05) is 15.9 Å². The van der Waals surface area contributed by atoms with Gasteiger partial charge in [-0.2, -0.15) is 0 Å². The minimum atomic E-state index is -0.554. The van der Waals surface area contributed by atoms with Gasteiger partial charge in [-0.3, -0.25) is 0 Å². The van der Waals surface area contributed by atoms with Crippen LogP contribution in [0.3, 0.4) is 0 Å². The topological polar surface area (TPSA) is 71.1 Å². The van der Waals surface area contributed by atoms with Crippen LogP contribution in [0, 0.1) is 0 Å². The van der Waals surface area contributed by atoms with E-state index >= 15 is 0 Å². The second-order valence-corrected chi connectivity index (χ2v) is 4.67. The summed E-state index contributed by atoms with van der Waals surface area (Å²) in [6.45, 7) is 1.29. The Labute approximate surface area is 131 Å². The van der Waals surface area contributed by atoms with E-state index < -0.39 is 11.9 Å². The summed E-state index contributed by atoms with van der Waals surface area (Å²) in [4.78, 5) is 23.2. The van der Waals surface area contributed by atoms with Gasteiger partial charge in [0.05, 0.1) is 38.6 Å². The number of esters is 2. The molecule has 1 aromatic rings. The first kappa shape index (κ1) is 17.5. The predicted octanol–water partition coefficient (Wildman–Crippen LogP) is 2.05. The largest absolute Gasteiger partial charge is 0.491 e. The van der Waals surface area contributed by atoms with E-state index in [4.69, 9.17) is 9.47 Å². The van der Waals surface area contributed by atoms with Crippen LogP contribution in [-0.4, -0.2) is 51.3 Å². The Hall–Kier alpha value is -1.60. The van der Waals surface area contributed by atoms with Crippen LogP contribution in [0.4, 0.5) is 0 Å². The van der Waals surface area contributed by atoms with E-state index in [9.17, 15) is 9.59 Å². The molecule has 1 aromatic carbocycles. The number of hydrogen-bond donors (Lipinski definition) is 0. The van der Waals surface area contributed by atoms with Gasteiger partial charge in [-0.05, 0) is 18.2 Å². The maximum absolute atomic E-state index is 11.6. The highest BCUT2D eigenvalue weighted by Crippen LogP contribution is 2.19. The molecule has 0 aliphatic heterocycles. The first-order valence-electron chi connectivity index (χ1n) is 6.20. The van der Waals surface area contributed by atoms with Gasteiger partial charge in [0.25, 0.3) is 0 Å². The molecule has 0 fully saturated rings. The molecule has 0 N–H and O–H groups in total. The lowest BCUT2D eigenvalue weighted by atomic mass is 10.1. The molecule has 0 saturated carbocycles. The van der Waals surface area contributed by atoms with E-state index in [-0.39, 0.29) is 11.1 Å². The van der Waals surface area contributed by atoms with Crippen molar-refractivity contribution in [3.05, 3.63) is 29.3 Å². The Morgan fingerprint density at radius 1 is 0.952 bits per heavy atom. The Balaban J connectivity index is 2.81. The highest BCUT2D eigenvalue weighted by molar-refractivity contribution is 9.09. The van der Waals surface area contributed by atoms with Gasteiger partial charge in [0, 0.05) is 5.33 Å². The lowest BCUT2D eigenvalue weighted by molar-refractivity contribution is 0.0597. The molecule has 0 spiro atoms. The molecule has 0 bridgehead atoms. The number of carbonyl (C=O) groups excluding carboxylic acids is 2. The fraction of sp³-hybridized carbons (Fsp3) is 0.429. The number of alkyl halides is 1.